The van der Waals surface area contributed by atoms with Crippen LogP contribution in [0.15, 0.2) is 18.3 Å². The highest BCUT2D eigenvalue weighted by Crippen LogP contribution is 2.24. The average molecular weight is 272 g/mol. The molecule has 0 spiro atoms. The summed E-state index contributed by atoms with van der Waals surface area (Å²) in [5.41, 5.74) is 1.15. The molecule has 1 unspecified atom stereocenters. The molecule has 106 valence electrons. The number of hydrogen-bond acceptors (Lipinski definition) is 4. The number of likely N-dealkylation sites (tertiary alicyclic amines) is 1. The summed E-state index contributed by atoms with van der Waals surface area (Å²) in [6.45, 7) is 7.52. The summed E-state index contributed by atoms with van der Waals surface area (Å²) in [5.74, 6) is 0.397. The van der Waals surface area contributed by atoms with Gasteiger partial charge in [0.1, 0.15) is 5.82 Å². The van der Waals surface area contributed by atoms with E-state index in [0.717, 1.165) is 12.0 Å². The number of aromatic nitrogens is 1. The van der Waals surface area contributed by atoms with E-state index in [-0.39, 0.29) is 17.2 Å². The number of nitrogens with one attached hydrogen (secondary N) is 1. The van der Waals surface area contributed by atoms with Gasteiger partial charge in [0.15, 0.2) is 6.19 Å². The van der Waals surface area contributed by atoms with Crippen LogP contribution in [0, 0.1) is 17.4 Å². The van der Waals surface area contributed by atoms with E-state index in [2.05, 4.69) is 37.3 Å². The molecule has 1 fully saturated rings. The van der Waals surface area contributed by atoms with Gasteiger partial charge in [-0.1, -0.05) is 20.8 Å². The maximum absolute atomic E-state index is 12.2. The van der Waals surface area contributed by atoms with Gasteiger partial charge in [0.05, 0.1) is 5.92 Å². The zero-order valence-electron chi connectivity index (χ0n) is 12.2. The van der Waals surface area contributed by atoms with Crippen molar-refractivity contribution in [1.29, 1.82) is 5.26 Å². The van der Waals surface area contributed by atoms with Gasteiger partial charge in [-0.05, 0) is 29.5 Å². The number of hydrogen-bond donors (Lipinski definition) is 1. The van der Waals surface area contributed by atoms with E-state index in [0.29, 0.717) is 18.9 Å². The van der Waals surface area contributed by atoms with E-state index in [1.54, 1.807) is 11.1 Å². The number of amides is 1. The monoisotopic (exact) mass is 272 g/mol. The largest absolute Gasteiger partial charge is 0.310 e. The van der Waals surface area contributed by atoms with E-state index >= 15 is 0 Å². The topological polar surface area (TPSA) is 69.0 Å². The summed E-state index contributed by atoms with van der Waals surface area (Å²) in [6.07, 6.45) is 4.51. The first-order valence-corrected chi connectivity index (χ1v) is 6.82. The highest BCUT2D eigenvalue weighted by atomic mass is 16.2. The van der Waals surface area contributed by atoms with Gasteiger partial charge in [-0.2, -0.15) is 5.26 Å². The van der Waals surface area contributed by atoms with Crippen LogP contribution >= 0.6 is 0 Å². The molecule has 1 amide bonds. The first-order chi connectivity index (χ1) is 9.40. The quantitative estimate of drug-likeness (QED) is 0.837. The number of nitrogens with zero attached hydrogens (tertiary/aromatic N) is 3. The Morgan fingerprint density at radius 2 is 2.30 bits per heavy atom. The molecule has 5 nitrogen and oxygen atoms in total. The molecular formula is C15H20N4O. The maximum Gasteiger partial charge on any atom is 0.230 e. The average Bonchev–Trinajstić information content (AvgIpc) is 2.87. The Bertz CT molecular complexity index is 542. The fourth-order valence-electron chi connectivity index (χ4n) is 2.26. The van der Waals surface area contributed by atoms with Crippen molar-refractivity contribution in [2.24, 2.45) is 5.92 Å². The molecular weight excluding hydrogens is 252 g/mol. The second kappa shape index (κ2) is 5.49. The minimum atomic E-state index is -0.130. The Kier molecular flexibility index (Phi) is 3.93. The zero-order chi connectivity index (χ0) is 14.8. The molecule has 1 atom stereocenters. The molecule has 1 aromatic heterocycles. The van der Waals surface area contributed by atoms with E-state index in [9.17, 15) is 4.79 Å². The minimum absolute atomic E-state index is 0.0212. The van der Waals surface area contributed by atoms with Gasteiger partial charge in [0.25, 0.3) is 0 Å². The molecule has 1 aromatic rings. The molecule has 2 heterocycles. The number of carbonyl (C=O) groups is 1. The van der Waals surface area contributed by atoms with Crippen molar-refractivity contribution in [3.63, 3.8) is 0 Å². The third kappa shape index (κ3) is 3.27. The van der Waals surface area contributed by atoms with Gasteiger partial charge in [0.2, 0.25) is 5.91 Å². The van der Waals surface area contributed by atoms with Crippen LogP contribution in [0.25, 0.3) is 0 Å². The summed E-state index contributed by atoms with van der Waals surface area (Å²) in [4.78, 5) is 18.0. The Morgan fingerprint density at radius 3 is 2.90 bits per heavy atom. The van der Waals surface area contributed by atoms with Crippen LogP contribution in [0.3, 0.4) is 0 Å². The number of anilines is 1. The smallest absolute Gasteiger partial charge is 0.230 e. The second-order valence-corrected chi connectivity index (χ2v) is 6.20. The predicted molar refractivity (Wildman–Crippen MR) is 76.9 cm³/mol. The first-order valence-electron chi connectivity index (χ1n) is 6.82. The van der Waals surface area contributed by atoms with Crippen LogP contribution in [0.5, 0.6) is 0 Å². The Labute approximate surface area is 119 Å². The lowest BCUT2D eigenvalue weighted by Crippen LogP contribution is -2.26. The van der Waals surface area contributed by atoms with Gasteiger partial charge in [-0.15, -0.1) is 0 Å². The van der Waals surface area contributed by atoms with E-state index in [4.69, 9.17) is 5.26 Å². The zero-order valence-corrected chi connectivity index (χ0v) is 12.2. The van der Waals surface area contributed by atoms with Crippen molar-refractivity contribution in [3.8, 4) is 6.19 Å². The second-order valence-electron chi connectivity index (χ2n) is 6.20. The third-order valence-electron chi connectivity index (χ3n) is 3.58. The summed E-state index contributed by atoms with van der Waals surface area (Å²) in [7, 11) is 0. The molecule has 2 rings (SSSR count). The van der Waals surface area contributed by atoms with Crippen LogP contribution in [0.4, 0.5) is 5.82 Å². The van der Waals surface area contributed by atoms with Crippen LogP contribution in [0.2, 0.25) is 0 Å². The molecule has 0 bridgehead atoms. The number of nitriles is 1. The molecule has 1 aliphatic heterocycles. The van der Waals surface area contributed by atoms with Gasteiger partial charge < -0.3 is 10.2 Å². The van der Waals surface area contributed by atoms with Crippen molar-refractivity contribution in [1.82, 2.24) is 9.88 Å². The molecule has 5 heteroatoms. The Morgan fingerprint density at radius 1 is 1.55 bits per heavy atom. The maximum atomic E-state index is 12.2. The van der Waals surface area contributed by atoms with Crippen LogP contribution in [0.1, 0.15) is 32.8 Å². The Balaban J connectivity index is 2.04. The summed E-state index contributed by atoms with van der Waals surface area (Å²) in [5, 5.41) is 11.7. The number of carbonyl (C=O) groups excluding carboxylic acids is 1. The van der Waals surface area contributed by atoms with Crippen LogP contribution < -0.4 is 5.32 Å². The molecule has 20 heavy (non-hydrogen) atoms. The van der Waals surface area contributed by atoms with Gasteiger partial charge >= 0.3 is 0 Å². The fourth-order valence-corrected chi connectivity index (χ4v) is 2.26. The van der Waals surface area contributed by atoms with Crippen molar-refractivity contribution < 1.29 is 4.79 Å². The molecule has 0 aromatic carbocycles. The number of pyridine rings is 1. The van der Waals surface area contributed by atoms with Crippen molar-refractivity contribution in [3.05, 3.63) is 23.9 Å². The molecule has 1 saturated heterocycles. The number of rotatable bonds is 2. The van der Waals surface area contributed by atoms with E-state index in [1.165, 1.54) is 0 Å². The first kappa shape index (κ1) is 14.3. The molecule has 1 N–H and O–H groups in total. The predicted octanol–water partition coefficient (Wildman–Crippen LogP) is 2.12. The summed E-state index contributed by atoms with van der Waals surface area (Å²) >= 11 is 0. The molecule has 0 radical (unpaired) electrons. The lowest BCUT2D eigenvalue weighted by atomic mass is 9.88. The lowest BCUT2D eigenvalue weighted by Gasteiger charge is -2.19. The van der Waals surface area contributed by atoms with Crippen LogP contribution in [-0.2, 0) is 10.2 Å². The minimum Gasteiger partial charge on any atom is -0.310 e. The van der Waals surface area contributed by atoms with Crippen LogP contribution in [-0.4, -0.2) is 28.9 Å². The normalized spacial score (nSPS) is 18.7. The molecule has 0 aliphatic carbocycles. The SMILES string of the molecule is CC(C)(C)c1ccnc(NC(=O)C2CCN(C#N)C2)c1. The summed E-state index contributed by atoms with van der Waals surface area (Å²) in [6, 6.07) is 3.87. The van der Waals surface area contributed by atoms with Gasteiger partial charge in [-0.3, -0.25) is 4.79 Å². The van der Waals surface area contributed by atoms with E-state index < -0.39 is 0 Å². The lowest BCUT2D eigenvalue weighted by molar-refractivity contribution is -0.119. The molecule has 0 saturated carbocycles. The van der Waals surface area contributed by atoms with E-state index in [1.807, 2.05) is 12.1 Å². The third-order valence-corrected chi connectivity index (χ3v) is 3.58. The highest BCUT2D eigenvalue weighted by molar-refractivity contribution is 5.92. The van der Waals surface area contributed by atoms with Crippen molar-refractivity contribution in [2.45, 2.75) is 32.6 Å². The Hall–Kier alpha value is -2.09. The standard InChI is InChI=1S/C15H20N4O/c1-15(2,3)12-4-6-17-13(8-12)18-14(20)11-5-7-19(9-11)10-16/h4,6,8,11H,5,7,9H2,1-3H3,(H,17,18,20). The van der Waals surface area contributed by atoms with Crippen molar-refractivity contribution in [2.75, 3.05) is 18.4 Å². The summed E-state index contributed by atoms with van der Waals surface area (Å²) < 4.78 is 0. The highest BCUT2D eigenvalue weighted by Gasteiger charge is 2.28. The van der Waals surface area contributed by atoms with Gasteiger partial charge in [0, 0.05) is 19.3 Å². The van der Waals surface area contributed by atoms with Gasteiger partial charge in [-0.25, -0.2) is 4.98 Å². The molecule has 1 aliphatic rings. The fraction of sp³-hybridized carbons (Fsp3) is 0.533. The van der Waals surface area contributed by atoms with Crippen molar-refractivity contribution >= 4 is 11.7 Å².